The minimum atomic E-state index is -1.46. The topological polar surface area (TPSA) is 95.8 Å². The molecule has 5 atom stereocenters. The minimum absolute atomic E-state index is 0.0465. The van der Waals surface area contributed by atoms with Gasteiger partial charge in [-0.3, -0.25) is 0 Å². The number of methoxy groups -OCH3 is 1. The highest BCUT2D eigenvalue weighted by Crippen LogP contribution is 2.52. The summed E-state index contributed by atoms with van der Waals surface area (Å²) in [4.78, 5) is 0. The van der Waals surface area contributed by atoms with Gasteiger partial charge in [0.25, 0.3) is 0 Å². The first-order valence-electron chi connectivity index (χ1n) is 11.5. The van der Waals surface area contributed by atoms with Crippen LogP contribution in [0.5, 0.6) is 0 Å². The summed E-state index contributed by atoms with van der Waals surface area (Å²) in [5.74, 6) is -2.30. The number of fused-ring (bicyclic) bond motifs is 1. The van der Waals surface area contributed by atoms with E-state index in [9.17, 15) is 10.2 Å². The molecule has 2 saturated heterocycles. The van der Waals surface area contributed by atoms with Crippen LogP contribution in [-0.2, 0) is 41.6 Å². The Morgan fingerprint density at radius 3 is 2.12 bits per heavy atom. The van der Waals surface area contributed by atoms with Crippen molar-refractivity contribution in [1.29, 1.82) is 0 Å². The molecule has 2 heterocycles. The van der Waals surface area contributed by atoms with Crippen molar-refractivity contribution in [2.45, 2.75) is 62.5 Å². The fourth-order valence-corrected chi connectivity index (χ4v) is 4.75. The molecule has 0 unspecified atom stereocenters. The number of aliphatic hydroxyl groups is 2. The Balaban J connectivity index is 1.65. The van der Waals surface area contributed by atoms with Gasteiger partial charge in [-0.15, -0.1) is 0 Å². The number of rotatable bonds is 11. The van der Waals surface area contributed by atoms with Crippen LogP contribution in [0.15, 0.2) is 60.7 Å². The molecule has 0 spiro atoms. The lowest BCUT2D eigenvalue weighted by atomic mass is 9.88. The van der Waals surface area contributed by atoms with Gasteiger partial charge in [-0.05, 0) is 25.0 Å². The molecule has 0 aliphatic carbocycles. The van der Waals surface area contributed by atoms with Gasteiger partial charge in [0.2, 0.25) is 5.79 Å². The Labute approximate surface area is 200 Å². The maximum absolute atomic E-state index is 11.1. The SMILES string of the molecule is COC[C@]12OC(C)(C)O[C@H]1[C@H](OCc1ccccc1)[C@@](COCc1ccccc1)([C@@H](O)CO)O2. The van der Waals surface area contributed by atoms with Gasteiger partial charge in [-0.25, -0.2) is 0 Å². The van der Waals surface area contributed by atoms with Crippen LogP contribution in [0, 0.1) is 0 Å². The van der Waals surface area contributed by atoms with E-state index < -0.39 is 42.1 Å². The molecule has 34 heavy (non-hydrogen) atoms. The summed E-state index contributed by atoms with van der Waals surface area (Å²) < 4.78 is 36.8. The second-order valence-electron chi connectivity index (χ2n) is 9.24. The van der Waals surface area contributed by atoms with Gasteiger partial charge in [0.1, 0.15) is 24.9 Å². The first-order chi connectivity index (χ1) is 16.3. The summed E-state index contributed by atoms with van der Waals surface area (Å²) in [6.07, 6.45) is -2.87. The zero-order valence-electron chi connectivity index (χ0n) is 19.9. The predicted octanol–water partition coefficient (Wildman–Crippen LogP) is 2.41. The molecular formula is C26H34O8. The van der Waals surface area contributed by atoms with Crippen LogP contribution in [0.25, 0.3) is 0 Å². The van der Waals surface area contributed by atoms with Crippen LogP contribution in [0.4, 0.5) is 0 Å². The van der Waals surface area contributed by atoms with E-state index in [1.807, 2.05) is 60.7 Å². The number of aliphatic hydroxyl groups excluding tert-OH is 2. The highest BCUT2D eigenvalue weighted by atomic mass is 16.9. The maximum atomic E-state index is 11.1. The van der Waals surface area contributed by atoms with Gasteiger partial charge in [-0.2, -0.15) is 0 Å². The van der Waals surface area contributed by atoms with E-state index >= 15 is 0 Å². The van der Waals surface area contributed by atoms with Crippen LogP contribution in [-0.4, -0.2) is 72.6 Å². The van der Waals surface area contributed by atoms with Crippen molar-refractivity contribution in [3.63, 3.8) is 0 Å². The van der Waals surface area contributed by atoms with Gasteiger partial charge in [0.05, 0.1) is 26.4 Å². The van der Waals surface area contributed by atoms with Crippen molar-refractivity contribution >= 4 is 0 Å². The summed E-state index contributed by atoms with van der Waals surface area (Å²) in [6.45, 7) is 3.55. The summed E-state index contributed by atoms with van der Waals surface area (Å²) in [5, 5.41) is 21.1. The second kappa shape index (κ2) is 10.4. The normalized spacial score (nSPS) is 30.9. The zero-order valence-corrected chi connectivity index (χ0v) is 19.9. The molecule has 0 bridgehead atoms. The summed E-state index contributed by atoms with van der Waals surface area (Å²) in [6, 6.07) is 19.4. The van der Waals surface area contributed by atoms with E-state index in [2.05, 4.69) is 0 Å². The number of benzene rings is 2. The first-order valence-corrected chi connectivity index (χ1v) is 11.5. The Morgan fingerprint density at radius 2 is 1.53 bits per heavy atom. The van der Waals surface area contributed by atoms with Gasteiger partial charge in [0.15, 0.2) is 11.4 Å². The molecule has 0 saturated carbocycles. The Morgan fingerprint density at radius 1 is 0.912 bits per heavy atom. The van der Waals surface area contributed by atoms with Crippen molar-refractivity contribution in [3.8, 4) is 0 Å². The van der Waals surface area contributed by atoms with E-state index in [1.165, 1.54) is 7.11 Å². The van der Waals surface area contributed by atoms with Gasteiger partial charge >= 0.3 is 0 Å². The Hall–Kier alpha value is -1.88. The quantitative estimate of drug-likeness (QED) is 0.513. The van der Waals surface area contributed by atoms with Crippen molar-refractivity contribution in [2.75, 3.05) is 26.9 Å². The average Bonchev–Trinajstić information content (AvgIpc) is 3.22. The molecule has 2 aliphatic heterocycles. The third-order valence-corrected chi connectivity index (χ3v) is 6.18. The van der Waals surface area contributed by atoms with E-state index in [0.717, 1.165) is 11.1 Å². The van der Waals surface area contributed by atoms with Crippen molar-refractivity contribution in [2.24, 2.45) is 0 Å². The molecule has 0 amide bonds. The van der Waals surface area contributed by atoms with Crippen LogP contribution in [0.1, 0.15) is 25.0 Å². The smallest absolute Gasteiger partial charge is 0.225 e. The third kappa shape index (κ3) is 5.05. The molecule has 2 fully saturated rings. The predicted molar refractivity (Wildman–Crippen MR) is 123 cm³/mol. The van der Waals surface area contributed by atoms with Crippen molar-refractivity contribution in [3.05, 3.63) is 71.8 Å². The van der Waals surface area contributed by atoms with Gasteiger partial charge < -0.3 is 38.6 Å². The van der Waals surface area contributed by atoms with Crippen LogP contribution >= 0.6 is 0 Å². The Bertz CT molecular complexity index is 908. The van der Waals surface area contributed by atoms with Crippen molar-refractivity contribution in [1.82, 2.24) is 0 Å². The fourth-order valence-electron chi connectivity index (χ4n) is 4.75. The maximum Gasteiger partial charge on any atom is 0.225 e. The molecule has 8 nitrogen and oxygen atoms in total. The van der Waals surface area contributed by atoms with E-state index in [0.29, 0.717) is 6.61 Å². The standard InChI is InChI=1S/C26H34O8/c1-24(2)32-23-22(31-16-20-12-8-5-9-13-20)25(21(28)14-27,34-26(23,33-24)18-29-3)17-30-15-19-10-6-4-7-11-19/h4-13,21-23,27-28H,14-18H2,1-3H3/t21-,22-,23-,25+,26+/m0/s1. The molecule has 2 N–H and O–H groups in total. The zero-order chi connectivity index (χ0) is 24.2. The van der Waals surface area contributed by atoms with E-state index in [1.54, 1.807) is 13.8 Å². The third-order valence-electron chi connectivity index (χ3n) is 6.18. The average molecular weight is 475 g/mol. The van der Waals surface area contributed by atoms with Gasteiger partial charge in [0, 0.05) is 7.11 Å². The van der Waals surface area contributed by atoms with Crippen molar-refractivity contribution < 1.29 is 38.6 Å². The Kier molecular flexibility index (Phi) is 7.71. The fraction of sp³-hybridized carbons (Fsp3) is 0.538. The van der Waals surface area contributed by atoms with Crippen LogP contribution < -0.4 is 0 Å². The summed E-state index contributed by atoms with van der Waals surface area (Å²) in [7, 11) is 1.54. The first kappa shape index (κ1) is 25.2. The molecule has 2 aliphatic rings. The van der Waals surface area contributed by atoms with Gasteiger partial charge in [-0.1, -0.05) is 60.7 Å². The summed E-state index contributed by atoms with van der Waals surface area (Å²) in [5.41, 5.74) is 0.455. The number of ether oxygens (including phenoxy) is 6. The lowest BCUT2D eigenvalue weighted by molar-refractivity contribution is -0.322. The number of hydrogen-bond acceptors (Lipinski definition) is 8. The molecule has 2 aromatic rings. The molecular weight excluding hydrogens is 440 g/mol. The molecule has 186 valence electrons. The van der Waals surface area contributed by atoms with Crippen LogP contribution in [0.3, 0.4) is 0 Å². The van der Waals surface area contributed by atoms with Crippen LogP contribution in [0.2, 0.25) is 0 Å². The van der Waals surface area contributed by atoms with E-state index in [4.69, 9.17) is 28.4 Å². The lowest BCUT2D eigenvalue weighted by Gasteiger charge is -2.40. The summed E-state index contributed by atoms with van der Waals surface area (Å²) >= 11 is 0. The largest absolute Gasteiger partial charge is 0.394 e. The highest BCUT2D eigenvalue weighted by Gasteiger charge is 2.72. The number of hydrogen-bond donors (Lipinski definition) is 2. The van der Waals surface area contributed by atoms with E-state index in [-0.39, 0.29) is 19.8 Å². The lowest BCUT2D eigenvalue weighted by Crippen LogP contribution is -2.59. The minimum Gasteiger partial charge on any atom is -0.394 e. The monoisotopic (exact) mass is 474 g/mol. The molecule has 8 heteroatoms. The second-order valence-corrected chi connectivity index (χ2v) is 9.24. The molecule has 4 rings (SSSR count). The molecule has 0 radical (unpaired) electrons. The molecule has 0 aromatic heterocycles. The highest BCUT2D eigenvalue weighted by molar-refractivity contribution is 5.17. The molecule has 2 aromatic carbocycles.